The van der Waals surface area contributed by atoms with Crippen LogP contribution in [0.2, 0.25) is 0 Å². The first-order valence-corrected chi connectivity index (χ1v) is 9.41. The van der Waals surface area contributed by atoms with Crippen molar-refractivity contribution in [2.24, 2.45) is 0 Å². The molecule has 0 aromatic heterocycles. The zero-order valence-electron chi connectivity index (χ0n) is 14.3. The number of nitrogens with zero attached hydrogens (tertiary/aromatic N) is 1. The van der Waals surface area contributed by atoms with Crippen LogP contribution in [0.5, 0.6) is 0 Å². The Balaban J connectivity index is 2.38. The summed E-state index contributed by atoms with van der Waals surface area (Å²) >= 11 is 0. The second-order valence-electron chi connectivity index (χ2n) is 5.90. The van der Waals surface area contributed by atoms with Gasteiger partial charge >= 0.3 is 0 Å². The van der Waals surface area contributed by atoms with Crippen LogP contribution in [0.4, 0.5) is 5.69 Å². The number of anilines is 1. The van der Waals surface area contributed by atoms with Crippen LogP contribution >= 0.6 is 0 Å². The first-order chi connectivity index (χ1) is 11.2. The third-order valence-corrected chi connectivity index (χ3v) is 5.15. The van der Waals surface area contributed by atoms with Gasteiger partial charge in [0.1, 0.15) is 6.04 Å². The summed E-state index contributed by atoms with van der Waals surface area (Å²) in [5.41, 5.74) is 3.32. The van der Waals surface area contributed by atoms with Crippen molar-refractivity contribution in [2.75, 3.05) is 18.6 Å². The van der Waals surface area contributed by atoms with Gasteiger partial charge in [-0.2, -0.15) is 4.31 Å². The number of nitrogens with one attached hydrogen (secondary N) is 1. The van der Waals surface area contributed by atoms with Crippen LogP contribution in [0.3, 0.4) is 0 Å². The number of hydrogen-bond acceptors (Lipinski definition) is 3. The lowest BCUT2D eigenvalue weighted by atomic mass is 10.1. The molecule has 128 valence electrons. The van der Waals surface area contributed by atoms with Crippen LogP contribution in [-0.2, 0) is 14.8 Å². The average molecular weight is 346 g/mol. The van der Waals surface area contributed by atoms with Gasteiger partial charge in [0, 0.05) is 12.7 Å². The number of likely N-dealkylation sites (N-methyl/N-ethyl adjacent to an activating group) is 1. The number of hydrogen-bond donors (Lipinski definition) is 1. The molecule has 0 spiro atoms. The van der Waals surface area contributed by atoms with Crippen molar-refractivity contribution < 1.29 is 13.2 Å². The molecule has 2 rings (SSSR count). The fourth-order valence-electron chi connectivity index (χ4n) is 2.51. The molecule has 0 saturated carbocycles. The SMILES string of the molecule is Cc1ccc(NC(=O)[C@H](c2ccccc2)N(C)S(C)(=O)=O)c(C)c1. The van der Waals surface area contributed by atoms with E-state index in [0.29, 0.717) is 11.3 Å². The van der Waals surface area contributed by atoms with Gasteiger partial charge < -0.3 is 5.32 Å². The molecule has 1 atom stereocenters. The van der Waals surface area contributed by atoms with Crippen molar-refractivity contribution in [1.82, 2.24) is 4.31 Å². The van der Waals surface area contributed by atoms with Crippen LogP contribution in [0, 0.1) is 13.8 Å². The van der Waals surface area contributed by atoms with E-state index >= 15 is 0 Å². The van der Waals surface area contributed by atoms with Crippen molar-refractivity contribution in [3.05, 3.63) is 65.2 Å². The highest BCUT2D eigenvalue weighted by molar-refractivity contribution is 7.88. The number of benzene rings is 2. The van der Waals surface area contributed by atoms with Gasteiger partial charge in [-0.05, 0) is 31.0 Å². The van der Waals surface area contributed by atoms with Crippen molar-refractivity contribution in [1.29, 1.82) is 0 Å². The molecule has 2 aromatic carbocycles. The molecule has 1 amide bonds. The predicted octanol–water partition coefficient (Wildman–Crippen LogP) is 2.87. The van der Waals surface area contributed by atoms with Crippen LogP contribution in [-0.4, -0.2) is 31.9 Å². The summed E-state index contributed by atoms with van der Waals surface area (Å²) in [4.78, 5) is 12.8. The summed E-state index contributed by atoms with van der Waals surface area (Å²) in [5, 5.41) is 2.84. The van der Waals surface area contributed by atoms with Gasteiger partial charge in [-0.15, -0.1) is 0 Å². The number of rotatable bonds is 5. The molecule has 0 fully saturated rings. The fraction of sp³-hybridized carbons (Fsp3) is 0.278. The van der Waals surface area contributed by atoms with Crippen molar-refractivity contribution in [2.45, 2.75) is 19.9 Å². The normalized spacial score (nSPS) is 12.9. The van der Waals surface area contributed by atoms with E-state index in [1.165, 1.54) is 7.05 Å². The van der Waals surface area contributed by atoms with E-state index < -0.39 is 16.1 Å². The Hall–Kier alpha value is -2.18. The first kappa shape index (κ1) is 18.2. The maximum Gasteiger partial charge on any atom is 0.247 e. The molecule has 6 heteroatoms. The highest BCUT2D eigenvalue weighted by Gasteiger charge is 2.30. The lowest BCUT2D eigenvalue weighted by molar-refractivity contribution is -0.119. The van der Waals surface area contributed by atoms with Gasteiger partial charge in [0.2, 0.25) is 15.9 Å². The van der Waals surface area contributed by atoms with Crippen molar-refractivity contribution in [3.63, 3.8) is 0 Å². The van der Waals surface area contributed by atoms with E-state index in [2.05, 4.69) is 5.32 Å². The number of amides is 1. The molecule has 0 saturated heterocycles. The van der Waals surface area contributed by atoms with Gasteiger partial charge in [-0.3, -0.25) is 4.79 Å². The molecule has 24 heavy (non-hydrogen) atoms. The van der Waals surface area contributed by atoms with Crippen LogP contribution in [0.1, 0.15) is 22.7 Å². The summed E-state index contributed by atoms with van der Waals surface area (Å²) < 4.78 is 25.0. The summed E-state index contributed by atoms with van der Waals surface area (Å²) in [6.45, 7) is 3.88. The van der Waals surface area contributed by atoms with Crippen LogP contribution in [0.15, 0.2) is 48.5 Å². The van der Waals surface area contributed by atoms with Gasteiger partial charge in [0.05, 0.1) is 6.26 Å². The average Bonchev–Trinajstić information content (AvgIpc) is 2.50. The van der Waals surface area contributed by atoms with E-state index in [1.807, 2.05) is 38.1 Å². The third kappa shape index (κ3) is 4.21. The number of carbonyl (C=O) groups excluding carboxylic acids is 1. The van der Waals surface area contributed by atoms with E-state index in [4.69, 9.17) is 0 Å². The van der Waals surface area contributed by atoms with Crippen LogP contribution < -0.4 is 5.32 Å². The van der Waals surface area contributed by atoms with Gasteiger partial charge in [0.25, 0.3) is 0 Å². The van der Waals surface area contributed by atoms with E-state index in [9.17, 15) is 13.2 Å². The Labute approximate surface area is 143 Å². The molecular weight excluding hydrogens is 324 g/mol. The molecular formula is C18H22N2O3S. The first-order valence-electron chi connectivity index (χ1n) is 7.56. The maximum atomic E-state index is 12.8. The molecule has 0 aliphatic rings. The van der Waals surface area contributed by atoms with Crippen molar-refractivity contribution >= 4 is 21.6 Å². The van der Waals surface area contributed by atoms with E-state index in [1.54, 1.807) is 24.3 Å². The van der Waals surface area contributed by atoms with Gasteiger partial charge in [0.15, 0.2) is 0 Å². The summed E-state index contributed by atoms with van der Waals surface area (Å²) in [6.07, 6.45) is 1.09. The number of aryl methyl sites for hydroxylation is 2. The molecule has 0 heterocycles. The Bertz CT molecular complexity index is 833. The second kappa shape index (κ2) is 7.15. The lowest BCUT2D eigenvalue weighted by Gasteiger charge is -2.26. The highest BCUT2D eigenvalue weighted by Crippen LogP contribution is 2.25. The van der Waals surface area contributed by atoms with E-state index in [-0.39, 0.29) is 5.91 Å². The lowest BCUT2D eigenvalue weighted by Crippen LogP contribution is -2.38. The van der Waals surface area contributed by atoms with Crippen LogP contribution in [0.25, 0.3) is 0 Å². The summed E-state index contributed by atoms with van der Waals surface area (Å²) in [5.74, 6) is -0.388. The fourth-order valence-corrected chi connectivity index (χ4v) is 3.11. The Morgan fingerprint density at radius 3 is 2.25 bits per heavy atom. The minimum Gasteiger partial charge on any atom is -0.324 e. The molecule has 2 aromatic rings. The predicted molar refractivity (Wildman–Crippen MR) is 96.3 cm³/mol. The monoisotopic (exact) mass is 346 g/mol. The topological polar surface area (TPSA) is 66.5 Å². The molecule has 1 N–H and O–H groups in total. The van der Waals surface area contributed by atoms with Gasteiger partial charge in [-0.25, -0.2) is 8.42 Å². The van der Waals surface area contributed by atoms with Gasteiger partial charge in [-0.1, -0.05) is 48.0 Å². The third-order valence-electron chi connectivity index (χ3n) is 3.89. The maximum absolute atomic E-state index is 12.8. The second-order valence-corrected chi connectivity index (χ2v) is 7.94. The highest BCUT2D eigenvalue weighted by atomic mass is 32.2. The summed E-state index contributed by atoms with van der Waals surface area (Å²) in [7, 11) is -2.12. The number of carbonyl (C=O) groups is 1. The quantitative estimate of drug-likeness (QED) is 0.905. The van der Waals surface area contributed by atoms with E-state index in [0.717, 1.165) is 21.7 Å². The largest absolute Gasteiger partial charge is 0.324 e. The molecule has 0 bridgehead atoms. The molecule has 0 aliphatic carbocycles. The molecule has 5 nitrogen and oxygen atoms in total. The minimum absolute atomic E-state index is 0.388. The molecule has 0 radical (unpaired) electrons. The number of sulfonamides is 1. The standard InChI is InChI=1S/C18H22N2O3S/c1-13-10-11-16(14(2)12-13)19-18(21)17(20(3)24(4,22)23)15-8-6-5-7-9-15/h5-12,17H,1-4H3,(H,19,21)/t17-/m0/s1. The molecule has 0 aliphatic heterocycles. The zero-order chi connectivity index (χ0) is 17.9. The summed E-state index contributed by atoms with van der Waals surface area (Å²) in [6, 6.07) is 13.6. The Kier molecular flexibility index (Phi) is 5.41. The Morgan fingerprint density at radius 2 is 1.71 bits per heavy atom. The molecule has 0 unspecified atom stereocenters. The Morgan fingerprint density at radius 1 is 1.08 bits per heavy atom. The van der Waals surface area contributed by atoms with Crippen molar-refractivity contribution in [3.8, 4) is 0 Å². The zero-order valence-corrected chi connectivity index (χ0v) is 15.1. The minimum atomic E-state index is -3.53. The smallest absolute Gasteiger partial charge is 0.247 e.